The van der Waals surface area contributed by atoms with Crippen LogP contribution in [0.4, 0.5) is 0 Å². The lowest BCUT2D eigenvalue weighted by molar-refractivity contribution is 1.15. The lowest BCUT2D eigenvalue weighted by atomic mass is 10.1. The summed E-state index contributed by atoms with van der Waals surface area (Å²) < 4.78 is 0. The summed E-state index contributed by atoms with van der Waals surface area (Å²) in [5, 5.41) is 0.693. The van der Waals surface area contributed by atoms with E-state index in [1.807, 2.05) is 26.3 Å². The standard InChI is InChI=1S/C8H9ClN/c1-3-7-4-8(9)5-10-6(7)2/h3-5H,1-2H3. The molecular formula is C8H9ClN. The normalized spacial score (nSPS) is 9.90. The average Bonchev–Trinajstić information content (AvgIpc) is 1.94. The van der Waals surface area contributed by atoms with Crippen LogP contribution in [0.5, 0.6) is 0 Å². The summed E-state index contributed by atoms with van der Waals surface area (Å²) in [6, 6.07) is 1.91. The van der Waals surface area contributed by atoms with E-state index in [1.54, 1.807) is 6.20 Å². The molecule has 1 rings (SSSR count). The van der Waals surface area contributed by atoms with Gasteiger partial charge in [0.1, 0.15) is 0 Å². The number of nitrogens with zero attached hydrogens (tertiary/aromatic N) is 1. The molecule has 1 aromatic rings. The molecule has 0 aliphatic heterocycles. The number of aryl methyl sites for hydroxylation is 1. The third-order valence-corrected chi connectivity index (χ3v) is 1.61. The van der Waals surface area contributed by atoms with Gasteiger partial charge < -0.3 is 0 Å². The van der Waals surface area contributed by atoms with Gasteiger partial charge in [-0.05, 0) is 25.0 Å². The molecule has 0 amide bonds. The van der Waals surface area contributed by atoms with Gasteiger partial charge in [-0.1, -0.05) is 18.5 Å². The van der Waals surface area contributed by atoms with E-state index in [0.717, 1.165) is 11.3 Å². The molecule has 0 fully saturated rings. The van der Waals surface area contributed by atoms with Crippen molar-refractivity contribution in [1.29, 1.82) is 0 Å². The first-order chi connectivity index (χ1) is 4.74. The molecule has 2 heteroatoms. The average molecular weight is 155 g/mol. The van der Waals surface area contributed by atoms with Crippen molar-refractivity contribution in [3.63, 3.8) is 0 Å². The number of aromatic nitrogens is 1. The van der Waals surface area contributed by atoms with Gasteiger partial charge in [-0.3, -0.25) is 4.98 Å². The van der Waals surface area contributed by atoms with E-state index in [-0.39, 0.29) is 0 Å². The van der Waals surface area contributed by atoms with E-state index < -0.39 is 0 Å². The van der Waals surface area contributed by atoms with E-state index in [0.29, 0.717) is 5.02 Å². The topological polar surface area (TPSA) is 12.9 Å². The third-order valence-electron chi connectivity index (χ3n) is 1.40. The Labute approximate surface area is 66.0 Å². The second-order valence-electron chi connectivity index (χ2n) is 2.12. The number of hydrogen-bond donors (Lipinski definition) is 0. The molecule has 0 aliphatic rings. The molecule has 1 nitrogen and oxygen atoms in total. The fraction of sp³-hybridized carbons (Fsp3) is 0.250. The summed E-state index contributed by atoms with van der Waals surface area (Å²) in [5.41, 5.74) is 2.12. The molecule has 0 bridgehead atoms. The smallest absolute Gasteiger partial charge is 0.0592 e. The van der Waals surface area contributed by atoms with E-state index in [4.69, 9.17) is 11.6 Å². The predicted octanol–water partition coefficient (Wildman–Crippen LogP) is 2.62. The van der Waals surface area contributed by atoms with Crippen LogP contribution in [-0.2, 0) is 0 Å². The van der Waals surface area contributed by atoms with E-state index in [1.165, 1.54) is 0 Å². The number of pyridine rings is 1. The van der Waals surface area contributed by atoms with Crippen LogP contribution in [0.1, 0.15) is 18.2 Å². The predicted molar refractivity (Wildman–Crippen MR) is 43.1 cm³/mol. The van der Waals surface area contributed by atoms with Gasteiger partial charge in [-0.25, -0.2) is 0 Å². The Balaban J connectivity index is 3.09. The van der Waals surface area contributed by atoms with Crippen LogP contribution in [0.15, 0.2) is 12.3 Å². The summed E-state index contributed by atoms with van der Waals surface area (Å²) in [6.07, 6.45) is 3.65. The van der Waals surface area contributed by atoms with Crippen LogP contribution < -0.4 is 0 Å². The first kappa shape index (κ1) is 7.55. The molecule has 0 N–H and O–H groups in total. The summed E-state index contributed by atoms with van der Waals surface area (Å²) in [4.78, 5) is 4.09. The molecule has 0 saturated heterocycles. The summed E-state index contributed by atoms with van der Waals surface area (Å²) in [7, 11) is 0. The van der Waals surface area contributed by atoms with Gasteiger partial charge in [-0.2, -0.15) is 0 Å². The minimum atomic E-state index is 0.693. The SMILES string of the molecule is C[CH]c1cc(Cl)cnc1C. The molecule has 0 aromatic carbocycles. The molecule has 1 heterocycles. The minimum absolute atomic E-state index is 0.693. The van der Waals surface area contributed by atoms with Crippen molar-refractivity contribution >= 4 is 11.6 Å². The van der Waals surface area contributed by atoms with Crippen molar-refractivity contribution in [1.82, 2.24) is 4.98 Å². The molecule has 53 valence electrons. The maximum Gasteiger partial charge on any atom is 0.0592 e. The Hall–Kier alpha value is -0.560. The number of halogens is 1. The zero-order chi connectivity index (χ0) is 7.56. The molecule has 0 spiro atoms. The molecule has 0 atom stereocenters. The van der Waals surface area contributed by atoms with Crippen LogP contribution in [0.2, 0.25) is 5.02 Å². The van der Waals surface area contributed by atoms with Crippen LogP contribution in [0.25, 0.3) is 0 Å². The van der Waals surface area contributed by atoms with Crippen molar-refractivity contribution in [2.75, 3.05) is 0 Å². The summed E-state index contributed by atoms with van der Waals surface area (Å²) in [6.45, 7) is 3.94. The first-order valence-corrected chi connectivity index (χ1v) is 3.53. The van der Waals surface area contributed by atoms with Crippen LogP contribution in [0.3, 0.4) is 0 Å². The van der Waals surface area contributed by atoms with Gasteiger partial charge in [0, 0.05) is 11.9 Å². The zero-order valence-electron chi connectivity index (χ0n) is 6.06. The Kier molecular flexibility index (Phi) is 2.28. The number of rotatable bonds is 1. The van der Waals surface area contributed by atoms with E-state index in [9.17, 15) is 0 Å². The fourth-order valence-electron chi connectivity index (χ4n) is 0.816. The molecule has 1 radical (unpaired) electrons. The van der Waals surface area contributed by atoms with E-state index in [2.05, 4.69) is 4.98 Å². The Bertz CT molecular complexity index is 233. The van der Waals surface area contributed by atoms with Crippen LogP contribution in [0, 0.1) is 13.3 Å². The minimum Gasteiger partial charge on any atom is -0.260 e. The van der Waals surface area contributed by atoms with Gasteiger partial charge in [0.05, 0.1) is 5.02 Å². The molecular weight excluding hydrogens is 146 g/mol. The lowest BCUT2D eigenvalue weighted by Gasteiger charge is -1.99. The Morgan fingerprint density at radius 1 is 1.60 bits per heavy atom. The molecule has 10 heavy (non-hydrogen) atoms. The van der Waals surface area contributed by atoms with Crippen LogP contribution >= 0.6 is 11.6 Å². The number of hydrogen-bond acceptors (Lipinski definition) is 1. The summed E-state index contributed by atoms with van der Waals surface area (Å²) in [5.74, 6) is 0. The highest BCUT2D eigenvalue weighted by Crippen LogP contribution is 2.13. The maximum absolute atomic E-state index is 5.71. The zero-order valence-corrected chi connectivity index (χ0v) is 6.81. The third kappa shape index (κ3) is 1.48. The highest BCUT2D eigenvalue weighted by molar-refractivity contribution is 6.30. The van der Waals surface area contributed by atoms with Crippen molar-refractivity contribution in [3.05, 3.63) is 35.0 Å². The van der Waals surface area contributed by atoms with Gasteiger partial charge in [0.2, 0.25) is 0 Å². The lowest BCUT2D eigenvalue weighted by Crippen LogP contribution is -1.87. The first-order valence-electron chi connectivity index (χ1n) is 3.15. The van der Waals surface area contributed by atoms with Crippen molar-refractivity contribution in [3.8, 4) is 0 Å². The maximum atomic E-state index is 5.71. The van der Waals surface area contributed by atoms with Gasteiger partial charge >= 0.3 is 0 Å². The second-order valence-corrected chi connectivity index (χ2v) is 2.55. The Morgan fingerprint density at radius 2 is 2.30 bits per heavy atom. The van der Waals surface area contributed by atoms with Crippen molar-refractivity contribution in [2.24, 2.45) is 0 Å². The highest BCUT2D eigenvalue weighted by Gasteiger charge is 1.96. The summed E-state index contributed by atoms with van der Waals surface area (Å²) >= 11 is 5.71. The fourth-order valence-corrected chi connectivity index (χ4v) is 0.982. The molecule has 0 aliphatic carbocycles. The Morgan fingerprint density at radius 3 is 2.80 bits per heavy atom. The second kappa shape index (κ2) is 3.02. The van der Waals surface area contributed by atoms with Crippen molar-refractivity contribution < 1.29 is 0 Å². The molecule has 0 unspecified atom stereocenters. The van der Waals surface area contributed by atoms with Gasteiger partial charge in [0.25, 0.3) is 0 Å². The van der Waals surface area contributed by atoms with Crippen molar-refractivity contribution in [2.45, 2.75) is 13.8 Å². The van der Waals surface area contributed by atoms with E-state index >= 15 is 0 Å². The quantitative estimate of drug-likeness (QED) is 0.606. The van der Waals surface area contributed by atoms with Gasteiger partial charge in [-0.15, -0.1) is 0 Å². The molecule has 0 saturated carbocycles. The largest absolute Gasteiger partial charge is 0.260 e. The highest BCUT2D eigenvalue weighted by atomic mass is 35.5. The molecule has 1 aromatic heterocycles. The monoisotopic (exact) mass is 154 g/mol. The van der Waals surface area contributed by atoms with Crippen LogP contribution in [-0.4, -0.2) is 4.98 Å². The van der Waals surface area contributed by atoms with Gasteiger partial charge in [0.15, 0.2) is 0 Å².